The van der Waals surface area contributed by atoms with Gasteiger partial charge in [-0.15, -0.1) is 0 Å². The highest BCUT2D eigenvalue weighted by atomic mass is 16.4. The van der Waals surface area contributed by atoms with E-state index in [1.807, 2.05) is 48.5 Å². The lowest BCUT2D eigenvalue weighted by molar-refractivity contribution is -0.131. The van der Waals surface area contributed by atoms with Gasteiger partial charge in [0.1, 0.15) is 0 Å². The van der Waals surface area contributed by atoms with Crippen LogP contribution < -0.4 is 0 Å². The number of hydrogen-bond donors (Lipinski definition) is 1. The average molecular weight is 237 g/mol. The summed E-state index contributed by atoms with van der Waals surface area (Å²) < 4.78 is 0. The van der Waals surface area contributed by atoms with Crippen LogP contribution in [0.25, 0.3) is 17.2 Å². The first-order chi connectivity index (χ1) is 8.65. The highest BCUT2D eigenvalue weighted by molar-refractivity contribution is 5.85. The molecule has 0 aliphatic heterocycles. The van der Waals surface area contributed by atoms with Crippen LogP contribution in [-0.4, -0.2) is 11.1 Å². The zero-order valence-corrected chi connectivity index (χ0v) is 9.84. The zero-order chi connectivity index (χ0) is 13.0. The molecule has 0 unspecified atom stereocenters. The number of hydrogen-bond acceptors (Lipinski definition) is 1. The van der Waals surface area contributed by atoms with Gasteiger partial charge in [-0.25, -0.2) is 4.79 Å². The smallest absolute Gasteiger partial charge is 0.328 e. The van der Waals surface area contributed by atoms with Crippen LogP contribution in [0.1, 0.15) is 11.1 Å². The molecule has 2 rings (SSSR count). The quantitative estimate of drug-likeness (QED) is 0.827. The molecule has 0 bridgehead atoms. The lowest BCUT2D eigenvalue weighted by Gasteiger charge is -2.03. The molecule has 89 valence electrons. The van der Waals surface area contributed by atoms with Crippen LogP contribution >= 0.6 is 0 Å². The van der Waals surface area contributed by atoms with Gasteiger partial charge in [0.15, 0.2) is 0 Å². The largest absolute Gasteiger partial charge is 0.478 e. The van der Waals surface area contributed by atoms with E-state index < -0.39 is 5.97 Å². The van der Waals surface area contributed by atoms with Gasteiger partial charge in [0.05, 0.1) is 0 Å². The van der Waals surface area contributed by atoms with E-state index in [1.165, 1.54) is 0 Å². The van der Waals surface area contributed by atoms with Crippen LogP contribution in [0.4, 0.5) is 0 Å². The van der Waals surface area contributed by atoms with Gasteiger partial charge in [0.2, 0.25) is 0 Å². The lowest BCUT2D eigenvalue weighted by atomic mass is 10.0. The number of rotatable bonds is 3. The van der Waals surface area contributed by atoms with Crippen molar-refractivity contribution in [1.82, 2.24) is 0 Å². The number of aliphatic carboxylic acids is 1. The zero-order valence-electron chi connectivity index (χ0n) is 9.84. The summed E-state index contributed by atoms with van der Waals surface area (Å²) in [4.78, 5) is 10.5. The number of carboxylic acid groups (broad SMARTS) is 1. The Morgan fingerprint density at radius 3 is 2.44 bits per heavy atom. The summed E-state index contributed by atoms with van der Waals surface area (Å²) in [6.45, 7) is 3.85. The van der Waals surface area contributed by atoms with Gasteiger partial charge in [-0.3, -0.25) is 0 Å². The van der Waals surface area contributed by atoms with Crippen LogP contribution in [0.2, 0.25) is 0 Å². The minimum Gasteiger partial charge on any atom is -0.478 e. The molecule has 2 aromatic carbocycles. The molecule has 2 nitrogen and oxygen atoms in total. The predicted molar refractivity (Wildman–Crippen MR) is 73.0 cm³/mol. The first kappa shape index (κ1) is 12.1. The molecule has 0 aliphatic rings. The molecule has 0 fully saturated rings. The minimum atomic E-state index is -0.943. The second-order valence-corrected chi connectivity index (χ2v) is 3.99. The Bertz CT molecular complexity index is 580. The second-order valence-electron chi connectivity index (χ2n) is 3.99. The summed E-state index contributed by atoms with van der Waals surface area (Å²) >= 11 is 0. The van der Waals surface area contributed by atoms with Crippen molar-refractivity contribution in [3.8, 4) is 11.1 Å². The van der Waals surface area contributed by atoms with Crippen molar-refractivity contribution in [2.24, 2.45) is 0 Å². The van der Waals surface area contributed by atoms with E-state index in [0.29, 0.717) is 0 Å². The van der Waals surface area contributed by atoms with Crippen molar-refractivity contribution in [2.75, 3.05) is 0 Å². The van der Waals surface area contributed by atoms with Crippen molar-refractivity contribution >= 4 is 12.0 Å². The van der Waals surface area contributed by atoms with Crippen molar-refractivity contribution in [3.05, 3.63) is 72.7 Å². The summed E-state index contributed by atoms with van der Waals surface area (Å²) in [5, 5.41) is 8.60. The summed E-state index contributed by atoms with van der Waals surface area (Å²) in [6.07, 6.45) is 2.72. The van der Waals surface area contributed by atoms with E-state index in [1.54, 1.807) is 6.08 Å². The molecule has 0 saturated carbocycles. The van der Waals surface area contributed by atoms with E-state index in [9.17, 15) is 4.79 Å². The molecular weight excluding hydrogens is 224 g/mol. The van der Waals surface area contributed by atoms with E-state index in [-0.39, 0.29) is 0 Å². The van der Waals surface area contributed by atoms with Gasteiger partial charge >= 0.3 is 5.97 Å². The van der Waals surface area contributed by atoms with Crippen molar-refractivity contribution in [1.29, 1.82) is 0 Å². The van der Waals surface area contributed by atoms with Crippen LogP contribution in [-0.2, 0) is 4.79 Å². The molecule has 2 heteroatoms. The third kappa shape index (κ3) is 3.08. The predicted octanol–water partition coefficient (Wildman–Crippen LogP) is 3.63. The normalized spacial score (nSPS) is 10.7. The maximum Gasteiger partial charge on any atom is 0.328 e. The maximum absolute atomic E-state index is 10.5. The SMILES string of the molecule is [CH2]c1ccc(-c2cccc(C=CC(=O)O)c2)cc1. The Labute approximate surface area is 106 Å². The summed E-state index contributed by atoms with van der Waals surface area (Å²) in [6, 6.07) is 15.6. The third-order valence-electron chi connectivity index (χ3n) is 2.59. The average Bonchev–Trinajstić information content (AvgIpc) is 2.37. The monoisotopic (exact) mass is 237 g/mol. The Morgan fingerprint density at radius 2 is 1.78 bits per heavy atom. The highest BCUT2D eigenvalue weighted by Crippen LogP contribution is 2.21. The first-order valence-corrected chi connectivity index (χ1v) is 5.58. The standard InChI is InChI=1S/C16H13O2/c1-12-5-8-14(9-6-12)15-4-2-3-13(11-15)7-10-16(17)18/h2-11H,1H2,(H,17,18). The fourth-order valence-corrected chi connectivity index (χ4v) is 1.69. The molecule has 0 aliphatic carbocycles. The summed E-state index contributed by atoms with van der Waals surface area (Å²) in [5.74, 6) is -0.943. The molecule has 0 amide bonds. The van der Waals surface area contributed by atoms with Crippen LogP contribution in [0, 0.1) is 6.92 Å². The van der Waals surface area contributed by atoms with Gasteiger partial charge in [-0.2, -0.15) is 0 Å². The molecule has 2 aromatic rings. The second kappa shape index (κ2) is 5.32. The number of benzene rings is 2. The first-order valence-electron chi connectivity index (χ1n) is 5.58. The summed E-state index contributed by atoms with van der Waals surface area (Å²) in [5.41, 5.74) is 3.99. The molecule has 1 N–H and O–H groups in total. The Balaban J connectivity index is 2.32. The fourth-order valence-electron chi connectivity index (χ4n) is 1.69. The summed E-state index contributed by atoms with van der Waals surface area (Å²) in [7, 11) is 0. The molecule has 0 saturated heterocycles. The molecule has 18 heavy (non-hydrogen) atoms. The number of carboxylic acids is 1. The third-order valence-corrected chi connectivity index (χ3v) is 2.59. The molecule has 1 radical (unpaired) electrons. The van der Waals surface area contributed by atoms with Crippen LogP contribution in [0.3, 0.4) is 0 Å². The lowest BCUT2D eigenvalue weighted by Crippen LogP contribution is -1.86. The van der Waals surface area contributed by atoms with Crippen LogP contribution in [0.5, 0.6) is 0 Å². The van der Waals surface area contributed by atoms with Crippen molar-refractivity contribution in [3.63, 3.8) is 0 Å². The van der Waals surface area contributed by atoms with E-state index in [4.69, 9.17) is 5.11 Å². The van der Waals surface area contributed by atoms with Gasteiger partial charge < -0.3 is 5.11 Å². The van der Waals surface area contributed by atoms with Gasteiger partial charge in [0, 0.05) is 6.08 Å². The molecular formula is C16H13O2. The van der Waals surface area contributed by atoms with Gasteiger partial charge in [0.25, 0.3) is 0 Å². The maximum atomic E-state index is 10.5. The topological polar surface area (TPSA) is 37.3 Å². The van der Waals surface area contributed by atoms with Crippen LogP contribution in [0.15, 0.2) is 54.6 Å². The van der Waals surface area contributed by atoms with E-state index in [2.05, 4.69) is 6.92 Å². The highest BCUT2D eigenvalue weighted by Gasteiger charge is 1.98. The van der Waals surface area contributed by atoms with Gasteiger partial charge in [-0.1, -0.05) is 42.5 Å². The fraction of sp³-hybridized carbons (Fsp3) is 0. The van der Waals surface area contributed by atoms with Crippen molar-refractivity contribution < 1.29 is 9.90 Å². The van der Waals surface area contributed by atoms with Gasteiger partial charge in [-0.05, 0) is 41.3 Å². The minimum absolute atomic E-state index is 0.869. The van der Waals surface area contributed by atoms with E-state index >= 15 is 0 Å². The number of carbonyl (C=O) groups is 1. The molecule has 0 heterocycles. The Hall–Kier alpha value is -2.35. The molecule has 0 atom stereocenters. The van der Waals surface area contributed by atoms with E-state index in [0.717, 1.165) is 28.3 Å². The Kier molecular flexibility index (Phi) is 3.58. The van der Waals surface area contributed by atoms with Crippen molar-refractivity contribution in [2.45, 2.75) is 0 Å². The molecule has 0 aromatic heterocycles. The Morgan fingerprint density at radius 1 is 1.06 bits per heavy atom. The molecule has 0 spiro atoms.